The van der Waals surface area contributed by atoms with Crippen molar-refractivity contribution in [3.05, 3.63) is 76.9 Å². The van der Waals surface area contributed by atoms with Crippen LogP contribution < -0.4 is 0 Å². The average molecular weight is 379 g/mol. The van der Waals surface area contributed by atoms with Gasteiger partial charge in [0.2, 0.25) is 5.82 Å². The van der Waals surface area contributed by atoms with Gasteiger partial charge in [0, 0.05) is 10.6 Å². The summed E-state index contributed by atoms with van der Waals surface area (Å²) in [5.41, 5.74) is 3.62. The molecule has 3 heterocycles. The molecule has 2 aromatic heterocycles. The molecule has 1 aliphatic heterocycles. The normalized spacial score (nSPS) is 16.3. The zero-order valence-corrected chi connectivity index (χ0v) is 15.0. The third kappa shape index (κ3) is 3.13. The summed E-state index contributed by atoms with van der Waals surface area (Å²) < 4.78 is 13.3. The van der Waals surface area contributed by atoms with E-state index in [2.05, 4.69) is 27.4 Å². The van der Waals surface area contributed by atoms with Crippen LogP contribution in [-0.4, -0.2) is 19.9 Å². The molecule has 27 heavy (non-hydrogen) atoms. The van der Waals surface area contributed by atoms with Crippen molar-refractivity contribution in [3.8, 4) is 23.0 Å². The van der Waals surface area contributed by atoms with E-state index < -0.39 is 0 Å². The van der Waals surface area contributed by atoms with Gasteiger partial charge in [-0.15, -0.1) is 0 Å². The molecule has 0 bridgehead atoms. The fourth-order valence-electron chi connectivity index (χ4n) is 3.14. The smallest absolute Gasteiger partial charge is 0.278 e. The van der Waals surface area contributed by atoms with Gasteiger partial charge in [-0.1, -0.05) is 47.1 Å². The van der Waals surface area contributed by atoms with E-state index in [1.54, 1.807) is 12.1 Å². The van der Waals surface area contributed by atoms with Crippen molar-refractivity contribution in [1.82, 2.24) is 19.9 Å². The summed E-state index contributed by atoms with van der Waals surface area (Å²) in [5, 5.41) is 9.35. The molecule has 4 aromatic rings. The highest BCUT2D eigenvalue weighted by Crippen LogP contribution is 2.29. The summed E-state index contributed by atoms with van der Waals surface area (Å²) in [4.78, 5) is 4.46. The number of hydrogen-bond donors (Lipinski definition) is 0. The second-order valence-electron chi connectivity index (χ2n) is 6.34. The second-order valence-corrected chi connectivity index (χ2v) is 6.78. The molecule has 0 aliphatic carbocycles. The lowest BCUT2D eigenvalue weighted by molar-refractivity contribution is -0.00113. The van der Waals surface area contributed by atoms with Gasteiger partial charge in [-0.05, 0) is 35.9 Å². The van der Waals surface area contributed by atoms with Crippen molar-refractivity contribution in [2.24, 2.45) is 0 Å². The van der Waals surface area contributed by atoms with Gasteiger partial charge in [0.1, 0.15) is 6.10 Å². The number of fused-ring (bicyclic) bond motifs is 1. The summed E-state index contributed by atoms with van der Waals surface area (Å²) in [7, 11) is 0. The summed E-state index contributed by atoms with van der Waals surface area (Å²) in [6, 6.07) is 19.4. The highest BCUT2D eigenvalue weighted by atomic mass is 35.5. The number of hydrogen-bond acceptors (Lipinski definition) is 5. The second kappa shape index (κ2) is 6.64. The Balaban J connectivity index is 1.40. The first-order valence-electron chi connectivity index (χ1n) is 8.59. The molecular formula is C20H15ClN4O2. The molecule has 2 aromatic carbocycles. The van der Waals surface area contributed by atoms with E-state index in [0.29, 0.717) is 35.6 Å². The lowest BCUT2D eigenvalue weighted by atomic mass is 10.1. The zero-order valence-electron chi connectivity index (χ0n) is 14.2. The van der Waals surface area contributed by atoms with Crippen LogP contribution in [-0.2, 0) is 17.9 Å². The monoisotopic (exact) mass is 378 g/mol. The van der Waals surface area contributed by atoms with E-state index >= 15 is 0 Å². The summed E-state index contributed by atoms with van der Waals surface area (Å²) in [6.07, 6.45) is -0.0150. The lowest BCUT2D eigenvalue weighted by Gasteiger charge is -2.24. The number of benzene rings is 2. The maximum atomic E-state index is 5.99. The maximum absolute atomic E-state index is 5.99. The van der Waals surface area contributed by atoms with Gasteiger partial charge in [0.25, 0.3) is 5.89 Å². The van der Waals surface area contributed by atoms with Crippen molar-refractivity contribution in [1.29, 1.82) is 0 Å². The van der Waals surface area contributed by atoms with Crippen LogP contribution in [0.25, 0.3) is 23.0 Å². The average Bonchev–Trinajstić information content (AvgIpc) is 3.36. The van der Waals surface area contributed by atoms with E-state index in [-0.39, 0.29) is 6.10 Å². The van der Waals surface area contributed by atoms with Gasteiger partial charge in [0.05, 0.1) is 18.8 Å². The van der Waals surface area contributed by atoms with Crippen molar-refractivity contribution in [3.63, 3.8) is 0 Å². The molecule has 0 saturated heterocycles. The van der Waals surface area contributed by atoms with Crippen LogP contribution in [0.4, 0.5) is 0 Å². The van der Waals surface area contributed by atoms with Gasteiger partial charge in [-0.2, -0.15) is 10.1 Å². The number of aromatic nitrogens is 4. The Kier molecular flexibility index (Phi) is 3.99. The number of ether oxygens (including phenoxy) is 1. The van der Waals surface area contributed by atoms with Crippen molar-refractivity contribution >= 4 is 11.6 Å². The molecule has 1 atom stereocenters. The molecule has 0 radical (unpaired) electrons. The number of halogens is 1. The minimum Gasteiger partial charge on any atom is -0.365 e. The summed E-state index contributed by atoms with van der Waals surface area (Å²) in [6.45, 7) is 1.14. The van der Waals surface area contributed by atoms with E-state index in [1.807, 2.05) is 41.1 Å². The quantitative estimate of drug-likeness (QED) is 0.524. The van der Waals surface area contributed by atoms with Crippen molar-refractivity contribution in [2.75, 3.05) is 0 Å². The maximum Gasteiger partial charge on any atom is 0.278 e. The Labute approximate surface area is 160 Å². The molecule has 0 spiro atoms. The topological polar surface area (TPSA) is 66.0 Å². The van der Waals surface area contributed by atoms with Crippen molar-refractivity contribution < 1.29 is 9.26 Å². The third-order valence-electron chi connectivity index (χ3n) is 4.55. The Hall–Kier alpha value is -2.96. The van der Waals surface area contributed by atoms with Crippen LogP contribution >= 0.6 is 11.6 Å². The molecule has 0 amide bonds. The number of rotatable bonds is 3. The van der Waals surface area contributed by atoms with Gasteiger partial charge in [0.15, 0.2) is 5.69 Å². The van der Waals surface area contributed by atoms with E-state index in [0.717, 1.165) is 16.8 Å². The molecular weight excluding hydrogens is 364 g/mol. The predicted molar refractivity (Wildman–Crippen MR) is 99.9 cm³/mol. The minimum absolute atomic E-state index is 0.0150. The Morgan fingerprint density at radius 3 is 2.67 bits per heavy atom. The fourth-order valence-corrected chi connectivity index (χ4v) is 3.27. The molecule has 0 fully saturated rings. The molecule has 0 unspecified atom stereocenters. The first-order chi connectivity index (χ1) is 13.3. The highest BCUT2D eigenvalue weighted by Gasteiger charge is 2.24. The van der Waals surface area contributed by atoms with Crippen LogP contribution in [0.1, 0.15) is 17.4 Å². The first kappa shape index (κ1) is 16.2. The molecule has 1 aliphatic rings. The third-order valence-corrected chi connectivity index (χ3v) is 4.81. The Bertz CT molecular complexity index is 1070. The summed E-state index contributed by atoms with van der Waals surface area (Å²) in [5.74, 6) is 0.893. The van der Waals surface area contributed by atoms with Crippen molar-refractivity contribution in [2.45, 2.75) is 19.3 Å². The molecule has 0 N–H and O–H groups in total. The molecule has 134 valence electrons. The molecule has 7 heteroatoms. The van der Waals surface area contributed by atoms with Crippen LogP contribution in [0.5, 0.6) is 0 Å². The van der Waals surface area contributed by atoms with Gasteiger partial charge in [-0.3, -0.25) is 4.68 Å². The highest BCUT2D eigenvalue weighted by molar-refractivity contribution is 6.30. The largest absolute Gasteiger partial charge is 0.365 e. The molecule has 5 rings (SSSR count). The predicted octanol–water partition coefficient (Wildman–Crippen LogP) is 4.53. The molecule has 0 saturated carbocycles. The molecule has 6 nitrogen and oxygen atoms in total. The Morgan fingerprint density at radius 1 is 1.04 bits per heavy atom. The SMILES string of the molecule is Clc1ccc(-c2noc(-c3cc4n(n3)C[C@H](c3ccccc3)OC4)n2)cc1. The number of nitrogens with zero attached hydrogens (tertiary/aromatic N) is 4. The zero-order chi connectivity index (χ0) is 18.2. The van der Waals surface area contributed by atoms with Crippen LogP contribution in [0.2, 0.25) is 5.02 Å². The van der Waals surface area contributed by atoms with E-state index in [4.69, 9.17) is 20.9 Å². The van der Waals surface area contributed by atoms with Gasteiger partial charge in [-0.25, -0.2) is 0 Å². The van der Waals surface area contributed by atoms with Gasteiger partial charge < -0.3 is 9.26 Å². The van der Waals surface area contributed by atoms with Gasteiger partial charge >= 0.3 is 0 Å². The van der Waals surface area contributed by atoms with Crippen LogP contribution in [0.15, 0.2) is 65.2 Å². The lowest BCUT2D eigenvalue weighted by Crippen LogP contribution is -2.21. The summed E-state index contributed by atoms with van der Waals surface area (Å²) >= 11 is 5.93. The van der Waals surface area contributed by atoms with Crippen LogP contribution in [0, 0.1) is 0 Å². The first-order valence-corrected chi connectivity index (χ1v) is 8.97. The van der Waals surface area contributed by atoms with Crippen LogP contribution in [0.3, 0.4) is 0 Å². The van der Waals surface area contributed by atoms with E-state index in [1.165, 1.54) is 0 Å². The standard InChI is InChI=1S/C20H15ClN4O2/c21-15-8-6-14(7-9-15)19-22-20(27-24-19)17-10-16-12-26-18(11-25(16)23-17)13-4-2-1-3-5-13/h1-10,18H,11-12H2/t18-/m1/s1. The Morgan fingerprint density at radius 2 is 1.85 bits per heavy atom. The minimum atomic E-state index is -0.0150. The van der Waals surface area contributed by atoms with E-state index in [9.17, 15) is 0 Å². The fraction of sp³-hybridized carbons (Fsp3) is 0.150.